The summed E-state index contributed by atoms with van der Waals surface area (Å²) in [6.07, 6.45) is 0.472. The Labute approximate surface area is 143 Å². The van der Waals surface area contributed by atoms with Crippen molar-refractivity contribution in [3.8, 4) is 0 Å². The molecule has 0 bridgehead atoms. The first-order valence-electron chi connectivity index (χ1n) is 8.50. The van der Waals surface area contributed by atoms with Crippen LogP contribution in [0.4, 0.5) is 0 Å². The molecule has 1 heterocycles. The second-order valence-electron chi connectivity index (χ2n) is 6.70. The molecule has 5 heteroatoms. The first-order chi connectivity index (χ1) is 11.5. The summed E-state index contributed by atoms with van der Waals surface area (Å²) in [5.74, 6) is 0. The largest absolute Gasteiger partial charge is 0.387 e. The number of aliphatic hydroxyl groups is 1. The normalized spacial score (nSPS) is 19.9. The topological polar surface area (TPSA) is 50.5 Å². The van der Waals surface area contributed by atoms with Gasteiger partial charge in [-0.3, -0.25) is 9.58 Å². The zero-order valence-corrected chi connectivity index (χ0v) is 15.0. The van der Waals surface area contributed by atoms with Gasteiger partial charge >= 0.3 is 0 Å². The minimum Gasteiger partial charge on any atom is -0.387 e. The number of likely N-dealkylation sites (N-methyl/N-ethyl adjacent to an activating group) is 1. The van der Waals surface area contributed by atoms with E-state index in [1.54, 1.807) is 7.11 Å². The van der Waals surface area contributed by atoms with Gasteiger partial charge in [0, 0.05) is 31.0 Å². The Bertz CT molecular complexity index is 711. The lowest BCUT2D eigenvalue weighted by atomic mass is 10.1. The number of ether oxygens (including phenoxy) is 1. The van der Waals surface area contributed by atoms with E-state index in [4.69, 9.17) is 4.74 Å². The van der Waals surface area contributed by atoms with Crippen LogP contribution >= 0.6 is 0 Å². The number of rotatable bonds is 6. The molecule has 0 radical (unpaired) electrons. The lowest BCUT2D eigenvalue weighted by molar-refractivity contribution is 0.0719. The van der Waals surface area contributed by atoms with Crippen LogP contribution in [0.15, 0.2) is 24.3 Å². The van der Waals surface area contributed by atoms with Gasteiger partial charge in [0.05, 0.1) is 24.9 Å². The van der Waals surface area contributed by atoms with Crippen molar-refractivity contribution >= 4 is 0 Å². The highest BCUT2D eigenvalue weighted by atomic mass is 16.5. The average molecular weight is 329 g/mol. The molecule has 1 aromatic carbocycles. The molecule has 1 aliphatic carbocycles. The van der Waals surface area contributed by atoms with E-state index in [0.29, 0.717) is 6.61 Å². The molecule has 0 aliphatic heterocycles. The first kappa shape index (κ1) is 17.1. The number of methoxy groups -OCH3 is 1. The van der Waals surface area contributed by atoms with Gasteiger partial charge in [-0.15, -0.1) is 0 Å². The third-order valence-corrected chi connectivity index (χ3v) is 5.18. The molecule has 2 atom stereocenters. The summed E-state index contributed by atoms with van der Waals surface area (Å²) in [5.41, 5.74) is 5.81. The quantitative estimate of drug-likeness (QED) is 0.883. The standard InChI is InChI=1S/C19H27N3O2/c1-13-17(14(2)22(20-13)9-10-24-4)12-21(3)18-11-15-7-5-6-8-16(15)19(18)23/h5-8,18-19,23H,9-12H2,1-4H3. The van der Waals surface area contributed by atoms with E-state index in [-0.39, 0.29) is 6.04 Å². The van der Waals surface area contributed by atoms with Crippen LogP contribution in [0, 0.1) is 13.8 Å². The summed E-state index contributed by atoms with van der Waals surface area (Å²) in [4.78, 5) is 2.25. The van der Waals surface area contributed by atoms with E-state index >= 15 is 0 Å². The van der Waals surface area contributed by atoms with Gasteiger partial charge in [0.15, 0.2) is 0 Å². The third kappa shape index (κ3) is 3.11. The van der Waals surface area contributed by atoms with Crippen LogP contribution in [0.25, 0.3) is 0 Å². The van der Waals surface area contributed by atoms with E-state index in [2.05, 4.69) is 37.0 Å². The van der Waals surface area contributed by atoms with Crippen molar-refractivity contribution in [2.24, 2.45) is 0 Å². The minimum absolute atomic E-state index is 0.114. The highest BCUT2D eigenvalue weighted by Crippen LogP contribution is 2.34. The zero-order chi connectivity index (χ0) is 17.3. The second kappa shape index (κ2) is 7.05. The fraction of sp³-hybridized carbons (Fsp3) is 0.526. The van der Waals surface area contributed by atoms with Crippen LogP contribution in [0.2, 0.25) is 0 Å². The molecule has 1 N–H and O–H groups in total. The summed E-state index contributed by atoms with van der Waals surface area (Å²) in [6, 6.07) is 8.31. The van der Waals surface area contributed by atoms with Crippen molar-refractivity contribution in [2.45, 2.75) is 45.5 Å². The molecule has 2 unspecified atom stereocenters. The second-order valence-corrected chi connectivity index (χ2v) is 6.70. The number of benzene rings is 1. The minimum atomic E-state index is -0.421. The molecule has 2 aromatic rings. The van der Waals surface area contributed by atoms with Crippen molar-refractivity contribution in [2.75, 3.05) is 20.8 Å². The van der Waals surface area contributed by atoms with Gasteiger partial charge in [-0.2, -0.15) is 5.10 Å². The van der Waals surface area contributed by atoms with Gasteiger partial charge < -0.3 is 9.84 Å². The number of nitrogens with zero attached hydrogens (tertiary/aromatic N) is 3. The SMILES string of the molecule is COCCn1nc(C)c(CN(C)C2Cc3ccccc3C2O)c1C. The van der Waals surface area contributed by atoms with Gasteiger partial charge in [0.1, 0.15) is 0 Å². The lowest BCUT2D eigenvalue weighted by Gasteiger charge is -2.27. The van der Waals surface area contributed by atoms with Crippen LogP contribution in [-0.4, -0.2) is 46.6 Å². The number of aliphatic hydroxyl groups excluding tert-OH is 1. The van der Waals surface area contributed by atoms with Gasteiger partial charge in [-0.1, -0.05) is 24.3 Å². The fourth-order valence-electron chi connectivity index (χ4n) is 3.67. The Hall–Kier alpha value is -1.69. The van der Waals surface area contributed by atoms with Crippen LogP contribution in [-0.2, 0) is 24.2 Å². The zero-order valence-electron chi connectivity index (χ0n) is 15.0. The highest BCUT2D eigenvalue weighted by molar-refractivity contribution is 5.36. The predicted molar refractivity (Wildman–Crippen MR) is 93.9 cm³/mol. The lowest BCUT2D eigenvalue weighted by Crippen LogP contribution is -2.34. The number of hydrogen-bond donors (Lipinski definition) is 1. The van der Waals surface area contributed by atoms with Crippen LogP contribution in [0.5, 0.6) is 0 Å². The molecule has 0 spiro atoms. The van der Waals surface area contributed by atoms with Crippen molar-refractivity contribution in [1.29, 1.82) is 0 Å². The Morgan fingerprint density at radius 2 is 2.08 bits per heavy atom. The summed E-state index contributed by atoms with van der Waals surface area (Å²) in [7, 11) is 3.80. The molecular formula is C19H27N3O2. The molecule has 0 fully saturated rings. The molecule has 3 rings (SSSR count). The summed E-state index contributed by atoms with van der Waals surface area (Å²) < 4.78 is 7.17. The van der Waals surface area contributed by atoms with E-state index in [9.17, 15) is 5.11 Å². The molecule has 0 saturated carbocycles. The van der Waals surface area contributed by atoms with E-state index < -0.39 is 6.10 Å². The Morgan fingerprint density at radius 1 is 1.33 bits per heavy atom. The summed E-state index contributed by atoms with van der Waals surface area (Å²) in [6.45, 7) is 6.39. The monoisotopic (exact) mass is 329 g/mol. The number of aromatic nitrogens is 2. The van der Waals surface area contributed by atoms with E-state index in [1.165, 1.54) is 16.8 Å². The van der Waals surface area contributed by atoms with Gasteiger partial charge in [-0.05, 0) is 38.4 Å². The smallest absolute Gasteiger partial charge is 0.0951 e. The summed E-state index contributed by atoms with van der Waals surface area (Å²) >= 11 is 0. The maximum Gasteiger partial charge on any atom is 0.0951 e. The molecule has 0 amide bonds. The van der Waals surface area contributed by atoms with Gasteiger partial charge in [0.25, 0.3) is 0 Å². The van der Waals surface area contributed by atoms with Crippen LogP contribution in [0.3, 0.4) is 0 Å². The van der Waals surface area contributed by atoms with Crippen molar-refractivity contribution in [1.82, 2.24) is 14.7 Å². The predicted octanol–water partition coefficient (Wildman–Crippen LogP) is 2.24. The molecular weight excluding hydrogens is 302 g/mol. The van der Waals surface area contributed by atoms with Crippen molar-refractivity contribution in [3.63, 3.8) is 0 Å². The Balaban J connectivity index is 1.74. The molecule has 1 aliphatic rings. The van der Waals surface area contributed by atoms with Crippen molar-refractivity contribution < 1.29 is 9.84 Å². The molecule has 5 nitrogen and oxygen atoms in total. The third-order valence-electron chi connectivity index (χ3n) is 5.18. The Kier molecular flexibility index (Phi) is 5.04. The first-order valence-corrected chi connectivity index (χ1v) is 8.50. The van der Waals surface area contributed by atoms with E-state index in [1.807, 2.05) is 22.9 Å². The molecule has 24 heavy (non-hydrogen) atoms. The highest BCUT2D eigenvalue weighted by Gasteiger charge is 2.33. The van der Waals surface area contributed by atoms with Crippen LogP contribution < -0.4 is 0 Å². The average Bonchev–Trinajstić information content (AvgIpc) is 3.05. The van der Waals surface area contributed by atoms with E-state index in [0.717, 1.165) is 30.8 Å². The van der Waals surface area contributed by atoms with Gasteiger partial charge in [-0.25, -0.2) is 0 Å². The maximum atomic E-state index is 10.7. The van der Waals surface area contributed by atoms with Gasteiger partial charge in [0.2, 0.25) is 0 Å². The summed E-state index contributed by atoms with van der Waals surface area (Å²) in [5, 5.41) is 15.3. The number of aryl methyl sites for hydroxylation is 1. The van der Waals surface area contributed by atoms with Crippen molar-refractivity contribution in [3.05, 3.63) is 52.3 Å². The molecule has 130 valence electrons. The molecule has 1 aromatic heterocycles. The Morgan fingerprint density at radius 3 is 2.79 bits per heavy atom. The maximum absolute atomic E-state index is 10.7. The number of hydrogen-bond acceptors (Lipinski definition) is 4. The molecule has 0 saturated heterocycles. The van der Waals surface area contributed by atoms with Crippen LogP contribution in [0.1, 0.15) is 34.2 Å². The fourth-order valence-corrected chi connectivity index (χ4v) is 3.67. The number of fused-ring (bicyclic) bond motifs is 1.